The highest BCUT2D eigenvalue weighted by Gasteiger charge is 2.46. The molecule has 0 radical (unpaired) electrons. The fraction of sp³-hybridized carbons (Fsp3) is 0.208. The Morgan fingerprint density at radius 2 is 0.536 bits per heavy atom. The van der Waals surface area contributed by atoms with Crippen molar-refractivity contribution in [1.29, 1.82) is 0 Å². The number of halogens is 4. The molecule has 284 valence electrons. The molecule has 2 aliphatic rings. The van der Waals surface area contributed by atoms with E-state index in [0.29, 0.717) is 45.8 Å². The van der Waals surface area contributed by atoms with Crippen LogP contribution in [0.4, 0.5) is 63.1 Å². The highest BCUT2D eigenvalue weighted by atomic mass is 19.2. The van der Waals surface area contributed by atoms with Crippen LogP contribution in [0.25, 0.3) is 0 Å². The second-order valence-corrected chi connectivity index (χ2v) is 15.4. The Morgan fingerprint density at radius 1 is 0.286 bits per heavy atom. The van der Waals surface area contributed by atoms with E-state index in [2.05, 4.69) is 13.8 Å². The van der Waals surface area contributed by atoms with Crippen molar-refractivity contribution in [3.63, 3.8) is 0 Å². The lowest BCUT2D eigenvalue weighted by molar-refractivity contribution is 0.509. The summed E-state index contributed by atoms with van der Waals surface area (Å²) in [4.78, 5) is 7.79. The van der Waals surface area contributed by atoms with Gasteiger partial charge in [0, 0.05) is 47.0 Å². The van der Waals surface area contributed by atoms with Gasteiger partial charge in [0.1, 0.15) is 0 Å². The zero-order valence-electron chi connectivity index (χ0n) is 33.4. The summed E-state index contributed by atoms with van der Waals surface area (Å²) in [6.07, 6.45) is 0. The third kappa shape index (κ3) is 5.73. The van der Waals surface area contributed by atoms with Crippen LogP contribution in [0.1, 0.15) is 55.6 Å². The summed E-state index contributed by atoms with van der Waals surface area (Å²) >= 11 is 0. The largest absolute Gasteiger partial charge is 0.291 e. The fourth-order valence-electron chi connectivity index (χ4n) is 7.88. The Kier molecular flexibility index (Phi) is 8.79. The lowest BCUT2D eigenvalue weighted by atomic mass is 10.0. The van der Waals surface area contributed by atoms with Crippen LogP contribution in [0.15, 0.2) is 96.6 Å². The van der Waals surface area contributed by atoms with Gasteiger partial charge in [-0.2, -0.15) is 0 Å². The molecule has 0 aliphatic carbocycles. The highest BCUT2D eigenvalue weighted by molar-refractivity contribution is 6.00. The smallest absolute Gasteiger partial charge is 0.166 e. The van der Waals surface area contributed by atoms with Crippen molar-refractivity contribution in [3.8, 4) is 0 Å². The minimum absolute atomic E-state index is 0.412. The molecule has 0 atom stereocenters. The third-order valence-corrected chi connectivity index (χ3v) is 11.9. The van der Waals surface area contributed by atoms with Crippen molar-refractivity contribution in [2.45, 2.75) is 69.2 Å². The molecule has 0 aromatic heterocycles. The maximum Gasteiger partial charge on any atom is 0.166 e. The second-order valence-electron chi connectivity index (χ2n) is 15.4. The van der Waals surface area contributed by atoms with Crippen LogP contribution in [-0.4, -0.2) is 0 Å². The van der Waals surface area contributed by atoms with Crippen molar-refractivity contribution in [2.24, 2.45) is 0 Å². The standard InChI is InChI=1S/C48H44F4N4/c1-25-11-13-35(15-27(25)3)53-43-21-39(49)41(51)23-45(43)55(37-17-29(5)33(9)30(6)18-37)47(53)48-54(36-14-12-26(2)28(4)16-36)44-22-40(50)42(52)24-46(44)56(48)38-19-31(7)34(10)32(8)20-38/h11-24H,1-10H3/b48-47+. The molecule has 0 fully saturated rings. The van der Waals surface area contributed by atoms with Crippen LogP contribution in [0.5, 0.6) is 0 Å². The summed E-state index contributed by atoms with van der Waals surface area (Å²) in [5, 5.41) is 0. The van der Waals surface area contributed by atoms with E-state index in [-0.39, 0.29) is 0 Å². The van der Waals surface area contributed by atoms with Gasteiger partial charge in [-0.05, 0) is 173 Å². The number of benzene rings is 6. The number of anilines is 8. The zero-order valence-corrected chi connectivity index (χ0v) is 33.4. The average Bonchev–Trinajstić information content (AvgIpc) is 3.63. The molecule has 56 heavy (non-hydrogen) atoms. The predicted octanol–water partition coefficient (Wildman–Crippen LogP) is 13.7. The summed E-state index contributed by atoms with van der Waals surface area (Å²) < 4.78 is 62.7. The van der Waals surface area contributed by atoms with Crippen LogP contribution in [0.2, 0.25) is 0 Å². The second kappa shape index (κ2) is 13.3. The Balaban J connectivity index is 1.61. The van der Waals surface area contributed by atoms with Crippen LogP contribution >= 0.6 is 0 Å². The molecule has 6 aromatic rings. The van der Waals surface area contributed by atoms with Gasteiger partial charge >= 0.3 is 0 Å². The summed E-state index contributed by atoms with van der Waals surface area (Å²) in [5.74, 6) is -2.94. The number of rotatable bonds is 4. The number of aryl methyl sites for hydroxylation is 8. The average molecular weight is 753 g/mol. The summed E-state index contributed by atoms with van der Waals surface area (Å²) in [7, 11) is 0. The van der Waals surface area contributed by atoms with Gasteiger partial charge in [-0.15, -0.1) is 0 Å². The minimum atomic E-state index is -0.994. The number of hydrogen-bond acceptors (Lipinski definition) is 4. The van der Waals surface area contributed by atoms with E-state index >= 15 is 17.6 Å². The highest BCUT2D eigenvalue weighted by Crippen LogP contribution is 2.58. The molecular weight excluding hydrogens is 709 g/mol. The molecule has 0 amide bonds. The van der Waals surface area contributed by atoms with Crippen LogP contribution in [-0.2, 0) is 0 Å². The number of hydrogen-bond donors (Lipinski definition) is 0. The van der Waals surface area contributed by atoms with Crippen molar-refractivity contribution >= 4 is 45.5 Å². The first-order valence-corrected chi connectivity index (χ1v) is 18.8. The van der Waals surface area contributed by atoms with Crippen molar-refractivity contribution in [2.75, 3.05) is 19.6 Å². The maximum absolute atomic E-state index is 15.7. The van der Waals surface area contributed by atoms with E-state index in [1.807, 2.05) is 136 Å². The fourth-order valence-corrected chi connectivity index (χ4v) is 7.88. The van der Waals surface area contributed by atoms with Crippen LogP contribution in [0.3, 0.4) is 0 Å². The zero-order chi connectivity index (χ0) is 40.1. The molecule has 4 nitrogen and oxygen atoms in total. The first kappa shape index (κ1) is 36.9. The third-order valence-electron chi connectivity index (χ3n) is 11.9. The normalized spacial score (nSPS) is 15.0. The van der Waals surface area contributed by atoms with E-state index < -0.39 is 23.3 Å². The summed E-state index contributed by atoms with van der Waals surface area (Å²) in [6.45, 7) is 20.3. The van der Waals surface area contributed by atoms with Gasteiger partial charge in [-0.1, -0.05) is 12.1 Å². The Hall–Kier alpha value is -6.02. The van der Waals surface area contributed by atoms with Gasteiger partial charge in [0.05, 0.1) is 22.7 Å². The van der Waals surface area contributed by atoms with Gasteiger partial charge in [-0.3, -0.25) is 19.6 Å². The van der Waals surface area contributed by atoms with Gasteiger partial charge in [-0.25, -0.2) is 17.6 Å². The van der Waals surface area contributed by atoms with Crippen LogP contribution < -0.4 is 19.6 Å². The molecular formula is C48H44F4N4. The molecule has 8 rings (SSSR count). The van der Waals surface area contributed by atoms with Crippen LogP contribution in [0, 0.1) is 92.5 Å². The van der Waals surface area contributed by atoms with Crippen molar-refractivity contribution in [3.05, 3.63) is 175 Å². The quantitative estimate of drug-likeness (QED) is 0.166. The molecule has 0 unspecified atom stereocenters. The lowest BCUT2D eigenvalue weighted by Crippen LogP contribution is -2.33. The monoisotopic (exact) mass is 752 g/mol. The van der Waals surface area contributed by atoms with Gasteiger partial charge < -0.3 is 0 Å². The molecule has 0 spiro atoms. The molecule has 0 N–H and O–H groups in total. The van der Waals surface area contributed by atoms with E-state index in [1.165, 1.54) is 24.3 Å². The topological polar surface area (TPSA) is 13.0 Å². The van der Waals surface area contributed by atoms with Gasteiger partial charge in [0.2, 0.25) is 0 Å². The summed E-state index contributed by atoms with van der Waals surface area (Å²) in [6, 6.07) is 25.1. The number of nitrogens with zero attached hydrogens (tertiary/aromatic N) is 4. The molecule has 2 aliphatic heterocycles. The van der Waals surface area contributed by atoms with E-state index in [1.54, 1.807) is 0 Å². The SMILES string of the molecule is Cc1ccc(N2/C(=C3/N(c4ccc(C)c(C)c4)c4cc(F)c(F)cc4N3c3cc(C)c(C)c(C)c3)N(c3cc(C)c(C)c(C)c3)c3cc(F)c(F)cc32)cc1C. The maximum atomic E-state index is 15.7. The van der Waals surface area contributed by atoms with E-state index in [9.17, 15) is 0 Å². The number of fused-ring (bicyclic) bond motifs is 2. The first-order valence-electron chi connectivity index (χ1n) is 18.8. The Morgan fingerprint density at radius 3 is 0.804 bits per heavy atom. The minimum Gasteiger partial charge on any atom is -0.291 e. The summed E-state index contributed by atoms with van der Waals surface area (Å²) in [5.41, 5.74) is 14.9. The van der Waals surface area contributed by atoms with E-state index in [0.717, 1.165) is 67.0 Å². The lowest BCUT2D eigenvalue weighted by Gasteiger charge is -2.35. The Bertz CT molecular complexity index is 2450. The predicted molar refractivity (Wildman–Crippen MR) is 221 cm³/mol. The molecule has 2 heterocycles. The molecule has 6 aromatic carbocycles. The first-order chi connectivity index (χ1) is 26.5. The molecule has 0 bridgehead atoms. The molecule has 0 saturated heterocycles. The van der Waals surface area contributed by atoms with Crippen molar-refractivity contribution < 1.29 is 17.6 Å². The van der Waals surface area contributed by atoms with Gasteiger partial charge in [0.25, 0.3) is 0 Å². The molecule has 0 saturated carbocycles. The van der Waals surface area contributed by atoms with Crippen molar-refractivity contribution in [1.82, 2.24) is 0 Å². The van der Waals surface area contributed by atoms with E-state index in [4.69, 9.17) is 0 Å². The Labute approximate surface area is 326 Å². The van der Waals surface area contributed by atoms with Gasteiger partial charge in [0.15, 0.2) is 34.9 Å². The molecule has 8 heteroatoms.